The lowest BCUT2D eigenvalue weighted by Crippen LogP contribution is -2.35. The quantitative estimate of drug-likeness (QED) is 0.850. The summed E-state index contributed by atoms with van der Waals surface area (Å²) in [5, 5.41) is 3.30. The molecule has 5 heteroatoms. The standard InChI is InChI=1S/C16H20N2O2S/c1-2-20-14-5-3-13(4-6-14)15-12-21-16(17-15)11-18-7-9-19-10-8-18/h3-6,12H,2,7-11H2,1H3. The molecule has 2 heterocycles. The summed E-state index contributed by atoms with van der Waals surface area (Å²) in [5.41, 5.74) is 2.19. The summed E-state index contributed by atoms with van der Waals surface area (Å²) in [6.07, 6.45) is 0. The number of nitrogens with zero attached hydrogens (tertiary/aromatic N) is 2. The average molecular weight is 304 g/mol. The first-order valence-electron chi connectivity index (χ1n) is 7.33. The topological polar surface area (TPSA) is 34.6 Å². The number of rotatable bonds is 5. The second-order valence-electron chi connectivity index (χ2n) is 4.97. The minimum atomic E-state index is 0.694. The van der Waals surface area contributed by atoms with E-state index in [1.807, 2.05) is 19.1 Å². The maximum absolute atomic E-state index is 5.47. The van der Waals surface area contributed by atoms with Crippen molar-refractivity contribution in [3.05, 3.63) is 34.7 Å². The predicted molar refractivity (Wildman–Crippen MR) is 84.8 cm³/mol. The highest BCUT2D eigenvalue weighted by Gasteiger charge is 2.13. The van der Waals surface area contributed by atoms with Crippen molar-refractivity contribution >= 4 is 11.3 Å². The third-order valence-electron chi connectivity index (χ3n) is 3.48. The molecule has 0 amide bonds. The van der Waals surface area contributed by atoms with Gasteiger partial charge in [-0.2, -0.15) is 0 Å². The van der Waals surface area contributed by atoms with Gasteiger partial charge in [0.2, 0.25) is 0 Å². The second-order valence-corrected chi connectivity index (χ2v) is 5.92. The van der Waals surface area contributed by atoms with Crippen LogP contribution in [0.15, 0.2) is 29.6 Å². The maximum Gasteiger partial charge on any atom is 0.119 e. The van der Waals surface area contributed by atoms with Crippen LogP contribution in [0.5, 0.6) is 5.75 Å². The Hall–Kier alpha value is -1.43. The molecule has 21 heavy (non-hydrogen) atoms. The number of aromatic nitrogens is 1. The van der Waals surface area contributed by atoms with Crippen molar-refractivity contribution in [3.63, 3.8) is 0 Å². The molecule has 1 aromatic carbocycles. The maximum atomic E-state index is 5.47. The molecule has 0 atom stereocenters. The van der Waals surface area contributed by atoms with Crippen molar-refractivity contribution in [2.24, 2.45) is 0 Å². The molecule has 1 aliphatic rings. The Morgan fingerprint density at radius 1 is 1.24 bits per heavy atom. The molecule has 0 bridgehead atoms. The Bertz CT molecular complexity index is 562. The Morgan fingerprint density at radius 2 is 2.00 bits per heavy atom. The fourth-order valence-electron chi connectivity index (χ4n) is 2.36. The second kappa shape index (κ2) is 7.02. The average Bonchev–Trinajstić information content (AvgIpc) is 2.98. The first kappa shape index (κ1) is 14.5. The van der Waals surface area contributed by atoms with Gasteiger partial charge in [0.15, 0.2) is 0 Å². The van der Waals surface area contributed by atoms with Crippen LogP contribution in [0.2, 0.25) is 0 Å². The molecule has 3 rings (SSSR count). The Morgan fingerprint density at radius 3 is 2.71 bits per heavy atom. The van der Waals surface area contributed by atoms with E-state index in [0.29, 0.717) is 6.61 Å². The molecule has 0 unspecified atom stereocenters. The molecule has 0 radical (unpaired) electrons. The molecule has 0 saturated carbocycles. The highest BCUT2D eigenvalue weighted by Crippen LogP contribution is 2.25. The van der Waals surface area contributed by atoms with Crippen LogP contribution < -0.4 is 4.74 Å². The van der Waals surface area contributed by atoms with Crippen LogP contribution >= 0.6 is 11.3 Å². The fourth-order valence-corrected chi connectivity index (χ4v) is 3.20. The Balaban J connectivity index is 1.66. The van der Waals surface area contributed by atoms with E-state index in [0.717, 1.165) is 49.9 Å². The van der Waals surface area contributed by atoms with Crippen LogP contribution in [0, 0.1) is 0 Å². The lowest BCUT2D eigenvalue weighted by molar-refractivity contribution is 0.0342. The molecule has 2 aromatic rings. The van der Waals surface area contributed by atoms with Gasteiger partial charge in [-0.15, -0.1) is 11.3 Å². The van der Waals surface area contributed by atoms with Crippen molar-refractivity contribution < 1.29 is 9.47 Å². The van der Waals surface area contributed by atoms with Gasteiger partial charge in [0.1, 0.15) is 10.8 Å². The molecule has 4 nitrogen and oxygen atoms in total. The molecule has 0 spiro atoms. The minimum absolute atomic E-state index is 0.694. The van der Waals surface area contributed by atoms with Crippen LogP contribution in [-0.4, -0.2) is 42.8 Å². The highest BCUT2D eigenvalue weighted by atomic mass is 32.1. The highest BCUT2D eigenvalue weighted by molar-refractivity contribution is 7.09. The Kier molecular flexibility index (Phi) is 4.85. The molecule has 0 aliphatic carbocycles. The number of hydrogen-bond donors (Lipinski definition) is 0. The van der Waals surface area contributed by atoms with Crippen LogP contribution in [0.25, 0.3) is 11.3 Å². The normalized spacial score (nSPS) is 16.0. The summed E-state index contributed by atoms with van der Waals surface area (Å²) >= 11 is 1.73. The largest absolute Gasteiger partial charge is 0.494 e. The van der Waals surface area contributed by atoms with Gasteiger partial charge in [-0.05, 0) is 31.2 Å². The summed E-state index contributed by atoms with van der Waals surface area (Å²) in [6.45, 7) is 7.27. The van der Waals surface area contributed by atoms with Crippen LogP contribution in [0.4, 0.5) is 0 Å². The smallest absolute Gasteiger partial charge is 0.119 e. The van der Waals surface area contributed by atoms with Gasteiger partial charge in [0, 0.05) is 24.0 Å². The molecule has 1 aromatic heterocycles. The number of thiazole rings is 1. The number of morpholine rings is 1. The third kappa shape index (κ3) is 3.81. The van der Waals surface area contributed by atoms with E-state index in [1.165, 1.54) is 5.01 Å². The van der Waals surface area contributed by atoms with E-state index < -0.39 is 0 Å². The lowest BCUT2D eigenvalue weighted by Gasteiger charge is -2.25. The summed E-state index contributed by atoms with van der Waals surface area (Å²) in [4.78, 5) is 7.14. The summed E-state index contributed by atoms with van der Waals surface area (Å²) in [7, 11) is 0. The summed E-state index contributed by atoms with van der Waals surface area (Å²) < 4.78 is 10.8. The van der Waals surface area contributed by atoms with Crippen LogP contribution in [-0.2, 0) is 11.3 Å². The third-order valence-corrected chi connectivity index (χ3v) is 4.31. The summed E-state index contributed by atoms with van der Waals surface area (Å²) in [6, 6.07) is 8.14. The molecular weight excluding hydrogens is 284 g/mol. The fraction of sp³-hybridized carbons (Fsp3) is 0.438. The molecule has 1 saturated heterocycles. The first-order chi connectivity index (χ1) is 10.3. The van der Waals surface area contributed by atoms with E-state index in [9.17, 15) is 0 Å². The zero-order valence-corrected chi connectivity index (χ0v) is 13.1. The van der Waals surface area contributed by atoms with Gasteiger partial charge in [-0.3, -0.25) is 4.90 Å². The molecule has 112 valence electrons. The van der Waals surface area contributed by atoms with Gasteiger partial charge < -0.3 is 9.47 Å². The van der Waals surface area contributed by atoms with E-state index >= 15 is 0 Å². The molecular formula is C16H20N2O2S. The van der Waals surface area contributed by atoms with E-state index in [4.69, 9.17) is 14.5 Å². The predicted octanol–water partition coefficient (Wildman–Crippen LogP) is 3.04. The minimum Gasteiger partial charge on any atom is -0.494 e. The monoisotopic (exact) mass is 304 g/mol. The molecule has 1 fully saturated rings. The van der Waals surface area contributed by atoms with Crippen molar-refractivity contribution in [3.8, 4) is 17.0 Å². The van der Waals surface area contributed by atoms with Gasteiger partial charge >= 0.3 is 0 Å². The zero-order chi connectivity index (χ0) is 14.5. The Labute approximate surface area is 129 Å². The SMILES string of the molecule is CCOc1ccc(-c2csc(CN3CCOCC3)n2)cc1. The number of benzene rings is 1. The van der Waals surface area contributed by atoms with Crippen molar-refractivity contribution in [2.75, 3.05) is 32.9 Å². The summed E-state index contributed by atoms with van der Waals surface area (Å²) in [5.74, 6) is 0.907. The van der Waals surface area contributed by atoms with Crippen molar-refractivity contribution in [2.45, 2.75) is 13.5 Å². The van der Waals surface area contributed by atoms with Gasteiger partial charge in [0.05, 0.1) is 32.1 Å². The van der Waals surface area contributed by atoms with Crippen molar-refractivity contribution in [1.29, 1.82) is 0 Å². The lowest BCUT2D eigenvalue weighted by atomic mass is 10.2. The molecule has 1 aliphatic heterocycles. The van der Waals surface area contributed by atoms with Crippen LogP contribution in [0.3, 0.4) is 0 Å². The van der Waals surface area contributed by atoms with E-state index in [1.54, 1.807) is 11.3 Å². The van der Waals surface area contributed by atoms with E-state index in [-0.39, 0.29) is 0 Å². The first-order valence-corrected chi connectivity index (χ1v) is 8.21. The number of ether oxygens (including phenoxy) is 2. The molecule has 0 N–H and O–H groups in total. The van der Waals surface area contributed by atoms with E-state index in [2.05, 4.69) is 22.4 Å². The van der Waals surface area contributed by atoms with Gasteiger partial charge in [0.25, 0.3) is 0 Å². The van der Waals surface area contributed by atoms with Crippen LogP contribution in [0.1, 0.15) is 11.9 Å². The van der Waals surface area contributed by atoms with Gasteiger partial charge in [-0.25, -0.2) is 4.98 Å². The zero-order valence-electron chi connectivity index (χ0n) is 12.2. The van der Waals surface area contributed by atoms with Crippen molar-refractivity contribution in [1.82, 2.24) is 9.88 Å². The number of hydrogen-bond acceptors (Lipinski definition) is 5. The van der Waals surface area contributed by atoms with Gasteiger partial charge in [-0.1, -0.05) is 0 Å².